The van der Waals surface area contributed by atoms with Crippen LogP contribution in [0.1, 0.15) is 30.9 Å². The zero-order chi connectivity index (χ0) is 16.8. The molecule has 0 aliphatic carbocycles. The number of likely N-dealkylation sites (N-methyl/N-ethyl adjacent to an activating group) is 1. The summed E-state index contributed by atoms with van der Waals surface area (Å²) in [6.45, 7) is 8.21. The van der Waals surface area contributed by atoms with E-state index in [1.165, 1.54) is 0 Å². The smallest absolute Gasteiger partial charge is 0.244 e. The van der Waals surface area contributed by atoms with Gasteiger partial charge in [0.05, 0.1) is 12.5 Å². The Morgan fingerprint density at radius 1 is 1.29 bits per heavy atom. The van der Waals surface area contributed by atoms with Crippen molar-refractivity contribution >= 4 is 29.9 Å². The van der Waals surface area contributed by atoms with E-state index < -0.39 is 0 Å². The Bertz CT molecular complexity index is 551. The number of piperidine rings is 1. The lowest BCUT2D eigenvalue weighted by Crippen LogP contribution is -2.45. The van der Waals surface area contributed by atoms with E-state index in [4.69, 9.17) is 0 Å². The first-order valence-electron chi connectivity index (χ1n) is 8.38. The van der Waals surface area contributed by atoms with E-state index in [9.17, 15) is 9.59 Å². The highest BCUT2D eigenvalue weighted by atomic mass is 35.5. The normalized spacial score (nSPS) is 16.9. The predicted molar refractivity (Wildman–Crippen MR) is 99.6 cm³/mol. The highest BCUT2D eigenvalue weighted by Gasteiger charge is 2.26. The van der Waals surface area contributed by atoms with Gasteiger partial charge in [-0.1, -0.05) is 18.2 Å². The molecule has 0 radical (unpaired) electrons. The molecular weight excluding hydrogens is 326 g/mol. The molecule has 2 N–H and O–H groups in total. The quantitative estimate of drug-likeness (QED) is 0.855. The predicted octanol–water partition coefficient (Wildman–Crippen LogP) is 2.51. The number of anilines is 1. The summed E-state index contributed by atoms with van der Waals surface area (Å²) >= 11 is 0. The molecule has 1 atom stereocenters. The van der Waals surface area contributed by atoms with Gasteiger partial charge >= 0.3 is 0 Å². The lowest BCUT2D eigenvalue weighted by atomic mass is 9.98. The number of hydrogen-bond acceptors (Lipinski definition) is 3. The maximum absolute atomic E-state index is 12.6. The van der Waals surface area contributed by atoms with Crippen molar-refractivity contribution in [1.82, 2.24) is 10.2 Å². The molecule has 1 aliphatic heterocycles. The molecule has 1 unspecified atom stereocenters. The SMILES string of the molecule is CCN(CC(=O)Nc1c(C)cccc1C)C(=O)C1CCCNC1.Cl. The van der Waals surface area contributed by atoms with Gasteiger partial charge in [-0.05, 0) is 51.3 Å². The van der Waals surface area contributed by atoms with E-state index in [2.05, 4.69) is 10.6 Å². The molecule has 1 aliphatic rings. The molecule has 1 aromatic rings. The molecule has 1 aromatic carbocycles. The van der Waals surface area contributed by atoms with Crippen molar-refractivity contribution in [2.75, 3.05) is 31.5 Å². The van der Waals surface area contributed by atoms with Crippen molar-refractivity contribution in [3.63, 3.8) is 0 Å². The number of halogens is 1. The molecule has 2 rings (SSSR count). The standard InChI is InChI=1S/C18H27N3O2.ClH/c1-4-21(18(23)15-9-6-10-19-11-15)12-16(22)20-17-13(2)7-5-8-14(17)3;/h5,7-8,15,19H,4,6,9-12H2,1-3H3,(H,20,22);1H. The number of amides is 2. The maximum Gasteiger partial charge on any atom is 0.244 e. The van der Waals surface area contributed by atoms with Gasteiger partial charge in [-0.3, -0.25) is 9.59 Å². The first-order chi connectivity index (χ1) is 11.0. The average molecular weight is 354 g/mol. The topological polar surface area (TPSA) is 61.4 Å². The molecule has 1 fully saturated rings. The lowest BCUT2D eigenvalue weighted by Gasteiger charge is -2.28. The Labute approximate surface area is 150 Å². The second kappa shape index (κ2) is 9.64. The van der Waals surface area contributed by atoms with Crippen molar-refractivity contribution in [3.05, 3.63) is 29.3 Å². The molecule has 1 heterocycles. The Morgan fingerprint density at radius 2 is 1.96 bits per heavy atom. The number of benzene rings is 1. The Morgan fingerprint density at radius 3 is 2.50 bits per heavy atom. The second-order valence-corrected chi connectivity index (χ2v) is 6.21. The maximum atomic E-state index is 12.6. The van der Waals surface area contributed by atoms with Crippen LogP contribution >= 0.6 is 12.4 Å². The summed E-state index contributed by atoms with van der Waals surface area (Å²) in [6.07, 6.45) is 1.92. The largest absolute Gasteiger partial charge is 0.333 e. The number of hydrogen-bond donors (Lipinski definition) is 2. The van der Waals surface area contributed by atoms with Gasteiger partial charge in [-0.15, -0.1) is 12.4 Å². The fourth-order valence-corrected chi connectivity index (χ4v) is 3.03. The van der Waals surface area contributed by atoms with Crippen LogP contribution in [0.15, 0.2) is 18.2 Å². The lowest BCUT2D eigenvalue weighted by molar-refractivity contribution is -0.138. The summed E-state index contributed by atoms with van der Waals surface area (Å²) in [5.74, 6) is -0.0607. The summed E-state index contributed by atoms with van der Waals surface area (Å²) < 4.78 is 0. The molecule has 1 saturated heterocycles. The van der Waals surface area contributed by atoms with Gasteiger partial charge in [0.2, 0.25) is 11.8 Å². The number of nitrogens with zero attached hydrogens (tertiary/aromatic N) is 1. The van der Waals surface area contributed by atoms with Crippen LogP contribution in [0.25, 0.3) is 0 Å². The summed E-state index contributed by atoms with van der Waals surface area (Å²) in [6, 6.07) is 5.91. The van der Waals surface area contributed by atoms with Gasteiger partial charge in [0.15, 0.2) is 0 Å². The van der Waals surface area contributed by atoms with Crippen molar-refractivity contribution in [1.29, 1.82) is 0 Å². The van der Waals surface area contributed by atoms with Gasteiger partial charge < -0.3 is 15.5 Å². The molecule has 0 bridgehead atoms. The third-order valence-corrected chi connectivity index (χ3v) is 4.42. The first kappa shape index (κ1) is 20.5. The molecule has 134 valence electrons. The van der Waals surface area contributed by atoms with Crippen LogP contribution < -0.4 is 10.6 Å². The number of carbonyl (C=O) groups excluding carboxylic acids is 2. The molecule has 0 saturated carbocycles. The van der Waals surface area contributed by atoms with E-state index in [0.29, 0.717) is 13.1 Å². The molecule has 24 heavy (non-hydrogen) atoms. The number of aryl methyl sites for hydroxylation is 2. The van der Waals surface area contributed by atoms with Gasteiger partial charge in [0.1, 0.15) is 0 Å². The molecular formula is C18H28ClN3O2. The summed E-state index contributed by atoms with van der Waals surface area (Å²) in [4.78, 5) is 26.6. The molecule has 0 spiro atoms. The van der Waals surface area contributed by atoms with Crippen LogP contribution in [-0.2, 0) is 9.59 Å². The van der Waals surface area contributed by atoms with Crippen molar-refractivity contribution in [2.45, 2.75) is 33.6 Å². The van der Waals surface area contributed by atoms with Gasteiger partial charge in [0, 0.05) is 18.8 Å². The van der Waals surface area contributed by atoms with E-state index in [1.807, 2.05) is 39.0 Å². The Balaban J connectivity index is 0.00000288. The molecule has 6 heteroatoms. The van der Waals surface area contributed by atoms with Crippen LogP contribution in [0.2, 0.25) is 0 Å². The number of rotatable bonds is 5. The number of para-hydroxylation sites is 1. The minimum absolute atomic E-state index is 0. The highest BCUT2D eigenvalue weighted by molar-refractivity contribution is 5.96. The fraction of sp³-hybridized carbons (Fsp3) is 0.556. The monoisotopic (exact) mass is 353 g/mol. The summed E-state index contributed by atoms with van der Waals surface area (Å²) in [7, 11) is 0. The van der Waals surface area contributed by atoms with Crippen molar-refractivity contribution in [2.24, 2.45) is 5.92 Å². The summed E-state index contributed by atoms with van der Waals surface area (Å²) in [5.41, 5.74) is 2.91. The third-order valence-electron chi connectivity index (χ3n) is 4.42. The highest BCUT2D eigenvalue weighted by Crippen LogP contribution is 2.19. The van der Waals surface area contributed by atoms with E-state index in [1.54, 1.807) is 4.90 Å². The van der Waals surface area contributed by atoms with Crippen LogP contribution in [0.5, 0.6) is 0 Å². The fourth-order valence-electron chi connectivity index (χ4n) is 3.03. The van der Waals surface area contributed by atoms with Crippen LogP contribution in [-0.4, -0.2) is 42.9 Å². The first-order valence-corrected chi connectivity index (χ1v) is 8.38. The van der Waals surface area contributed by atoms with Crippen LogP contribution in [0.3, 0.4) is 0 Å². The van der Waals surface area contributed by atoms with Crippen LogP contribution in [0, 0.1) is 19.8 Å². The summed E-state index contributed by atoms with van der Waals surface area (Å²) in [5, 5.41) is 6.21. The van der Waals surface area contributed by atoms with Gasteiger partial charge in [0.25, 0.3) is 0 Å². The minimum Gasteiger partial charge on any atom is -0.333 e. The third kappa shape index (κ3) is 5.21. The molecule has 0 aromatic heterocycles. The second-order valence-electron chi connectivity index (χ2n) is 6.21. The van der Waals surface area contributed by atoms with E-state index in [0.717, 1.165) is 36.2 Å². The van der Waals surface area contributed by atoms with Gasteiger partial charge in [-0.25, -0.2) is 0 Å². The number of nitrogens with one attached hydrogen (secondary N) is 2. The molecule has 5 nitrogen and oxygen atoms in total. The zero-order valence-electron chi connectivity index (χ0n) is 14.7. The zero-order valence-corrected chi connectivity index (χ0v) is 15.5. The Hall–Kier alpha value is -1.59. The minimum atomic E-state index is -0.138. The van der Waals surface area contributed by atoms with Gasteiger partial charge in [-0.2, -0.15) is 0 Å². The van der Waals surface area contributed by atoms with E-state index in [-0.39, 0.29) is 36.7 Å². The number of carbonyl (C=O) groups is 2. The van der Waals surface area contributed by atoms with E-state index >= 15 is 0 Å². The molecule has 2 amide bonds. The average Bonchev–Trinajstić information content (AvgIpc) is 2.56. The van der Waals surface area contributed by atoms with Crippen molar-refractivity contribution in [3.8, 4) is 0 Å². The van der Waals surface area contributed by atoms with Crippen molar-refractivity contribution < 1.29 is 9.59 Å². The Kier molecular flexibility index (Phi) is 8.22. The van der Waals surface area contributed by atoms with Crippen LogP contribution in [0.4, 0.5) is 5.69 Å².